The van der Waals surface area contributed by atoms with Crippen molar-refractivity contribution in [3.63, 3.8) is 0 Å². The predicted octanol–water partition coefficient (Wildman–Crippen LogP) is 1.43. The van der Waals surface area contributed by atoms with E-state index >= 15 is 0 Å². The van der Waals surface area contributed by atoms with Crippen molar-refractivity contribution in [2.24, 2.45) is 23.7 Å². The van der Waals surface area contributed by atoms with Gasteiger partial charge in [0.2, 0.25) is 5.91 Å². The highest BCUT2D eigenvalue weighted by Crippen LogP contribution is 2.44. The minimum absolute atomic E-state index is 0.117. The summed E-state index contributed by atoms with van der Waals surface area (Å²) >= 11 is 0. The van der Waals surface area contributed by atoms with Crippen molar-refractivity contribution in [2.75, 3.05) is 13.6 Å². The van der Waals surface area contributed by atoms with Gasteiger partial charge < -0.3 is 10.0 Å². The van der Waals surface area contributed by atoms with E-state index in [1.807, 2.05) is 11.9 Å². The van der Waals surface area contributed by atoms with Crippen molar-refractivity contribution < 1.29 is 9.90 Å². The zero-order chi connectivity index (χ0) is 12.0. The third-order valence-electron chi connectivity index (χ3n) is 4.72. The van der Waals surface area contributed by atoms with E-state index in [0.29, 0.717) is 23.7 Å². The number of allylic oxidation sites excluding steroid dienone is 2. The van der Waals surface area contributed by atoms with Gasteiger partial charge in [-0.25, -0.2) is 0 Å². The molecule has 3 heteroatoms. The number of aliphatic hydroxyl groups is 1. The second-order valence-electron chi connectivity index (χ2n) is 6.10. The lowest BCUT2D eigenvalue weighted by molar-refractivity contribution is -0.136. The van der Waals surface area contributed by atoms with Crippen LogP contribution >= 0.6 is 0 Å². The molecule has 17 heavy (non-hydrogen) atoms. The summed E-state index contributed by atoms with van der Waals surface area (Å²) in [5, 5.41) is 9.25. The minimum Gasteiger partial charge on any atom is -0.393 e. The van der Waals surface area contributed by atoms with Crippen LogP contribution in [0.5, 0.6) is 0 Å². The molecular weight excluding hydrogens is 214 g/mol. The Bertz CT molecular complexity index is 346. The topological polar surface area (TPSA) is 40.5 Å². The molecule has 0 radical (unpaired) electrons. The molecule has 1 N–H and O–H groups in total. The quantitative estimate of drug-likeness (QED) is 0.752. The van der Waals surface area contributed by atoms with E-state index < -0.39 is 0 Å². The van der Waals surface area contributed by atoms with E-state index in [9.17, 15) is 9.90 Å². The Balaban J connectivity index is 1.53. The van der Waals surface area contributed by atoms with E-state index in [4.69, 9.17) is 0 Å². The summed E-state index contributed by atoms with van der Waals surface area (Å²) in [7, 11) is 1.92. The summed E-state index contributed by atoms with van der Waals surface area (Å²) in [6.07, 6.45) is 8.37. The molecule has 0 aliphatic heterocycles. The van der Waals surface area contributed by atoms with E-state index in [2.05, 4.69) is 12.2 Å². The standard InChI is InChI=1S/C14H21NO2/c1-15(8-10-5-12(16)6-10)14(17)13-7-9-2-3-11(13)4-9/h2-3,9-13,16H,4-8H2,1H3. The zero-order valence-electron chi connectivity index (χ0n) is 10.4. The minimum atomic E-state index is -0.117. The normalized spacial score (nSPS) is 42.6. The van der Waals surface area contributed by atoms with Crippen LogP contribution < -0.4 is 0 Å². The molecular formula is C14H21NO2. The second-order valence-corrected chi connectivity index (χ2v) is 6.10. The summed E-state index contributed by atoms with van der Waals surface area (Å²) in [6, 6.07) is 0. The first-order chi connectivity index (χ1) is 8.13. The number of rotatable bonds is 3. The fourth-order valence-electron chi connectivity index (χ4n) is 3.67. The summed E-state index contributed by atoms with van der Waals surface area (Å²) in [5.74, 6) is 2.24. The smallest absolute Gasteiger partial charge is 0.226 e. The average Bonchev–Trinajstić information content (AvgIpc) is 2.87. The van der Waals surface area contributed by atoms with Crippen LogP contribution in [0.1, 0.15) is 25.7 Å². The Labute approximate surface area is 102 Å². The van der Waals surface area contributed by atoms with Crippen molar-refractivity contribution >= 4 is 5.91 Å². The summed E-state index contributed by atoms with van der Waals surface area (Å²) in [4.78, 5) is 14.2. The molecule has 3 aliphatic rings. The van der Waals surface area contributed by atoms with Gasteiger partial charge in [0, 0.05) is 19.5 Å². The Hall–Kier alpha value is -0.830. The lowest BCUT2D eigenvalue weighted by Gasteiger charge is -2.35. The number of hydrogen-bond donors (Lipinski definition) is 1. The Kier molecular flexibility index (Phi) is 2.74. The molecule has 0 aromatic carbocycles. The molecule has 0 aromatic heterocycles. The first kappa shape index (κ1) is 11.3. The van der Waals surface area contributed by atoms with Crippen molar-refractivity contribution in [2.45, 2.75) is 31.8 Å². The predicted molar refractivity (Wildman–Crippen MR) is 65.2 cm³/mol. The maximum absolute atomic E-state index is 12.3. The second kappa shape index (κ2) is 4.13. The maximum atomic E-state index is 12.3. The summed E-state index contributed by atoms with van der Waals surface area (Å²) in [5.41, 5.74) is 0. The molecule has 0 spiro atoms. The van der Waals surface area contributed by atoms with Gasteiger partial charge in [-0.3, -0.25) is 4.79 Å². The van der Waals surface area contributed by atoms with Crippen molar-refractivity contribution in [1.29, 1.82) is 0 Å². The molecule has 3 atom stereocenters. The Morgan fingerprint density at radius 3 is 2.59 bits per heavy atom. The SMILES string of the molecule is CN(CC1CC(O)C1)C(=O)C1CC2C=CC1C2. The summed E-state index contributed by atoms with van der Waals surface area (Å²) < 4.78 is 0. The highest BCUT2D eigenvalue weighted by Gasteiger charge is 2.41. The molecule has 0 saturated heterocycles. The highest BCUT2D eigenvalue weighted by atomic mass is 16.3. The number of carbonyl (C=O) groups is 1. The van der Waals surface area contributed by atoms with Crippen molar-refractivity contribution in [3.8, 4) is 0 Å². The van der Waals surface area contributed by atoms with Gasteiger partial charge in [-0.15, -0.1) is 0 Å². The first-order valence-electron chi connectivity index (χ1n) is 6.75. The van der Waals surface area contributed by atoms with Crippen LogP contribution in [0.4, 0.5) is 0 Å². The molecule has 2 saturated carbocycles. The van der Waals surface area contributed by atoms with Crippen LogP contribution in [0.2, 0.25) is 0 Å². The number of amides is 1. The summed E-state index contributed by atoms with van der Waals surface area (Å²) in [6.45, 7) is 0.827. The van der Waals surface area contributed by atoms with E-state index in [1.54, 1.807) is 0 Å². The molecule has 0 heterocycles. The van der Waals surface area contributed by atoms with E-state index in [-0.39, 0.29) is 12.0 Å². The highest BCUT2D eigenvalue weighted by molar-refractivity contribution is 5.80. The molecule has 3 rings (SSSR count). The lowest BCUT2D eigenvalue weighted by Crippen LogP contribution is -2.42. The van der Waals surface area contributed by atoms with Crippen LogP contribution in [0.15, 0.2) is 12.2 Å². The van der Waals surface area contributed by atoms with Gasteiger partial charge in [-0.05, 0) is 43.4 Å². The molecule has 1 amide bonds. The average molecular weight is 235 g/mol. The van der Waals surface area contributed by atoms with Crippen LogP contribution in [0.3, 0.4) is 0 Å². The van der Waals surface area contributed by atoms with Crippen LogP contribution in [0.25, 0.3) is 0 Å². The molecule has 0 aromatic rings. The lowest BCUT2D eigenvalue weighted by atomic mass is 9.82. The van der Waals surface area contributed by atoms with Gasteiger partial charge in [0.15, 0.2) is 0 Å². The van der Waals surface area contributed by atoms with Gasteiger partial charge in [0.25, 0.3) is 0 Å². The molecule has 3 aliphatic carbocycles. The van der Waals surface area contributed by atoms with Gasteiger partial charge in [-0.2, -0.15) is 0 Å². The van der Waals surface area contributed by atoms with Crippen molar-refractivity contribution in [3.05, 3.63) is 12.2 Å². The first-order valence-corrected chi connectivity index (χ1v) is 6.75. The molecule has 2 fully saturated rings. The molecule has 3 unspecified atom stereocenters. The maximum Gasteiger partial charge on any atom is 0.226 e. The fraction of sp³-hybridized carbons (Fsp3) is 0.786. The van der Waals surface area contributed by atoms with Crippen LogP contribution in [0, 0.1) is 23.7 Å². The molecule has 3 nitrogen and oxygen atoms in total. The number of carbonyl (C=O) groups excluding carboxylic acids is 1. The third-order valence-corrected chi connectivity index (χ3v) is 4.72. The largest absolute Gasteiger partial charge is 0.393 e. The van der Waals surface area contributed by atoms with Gasteiger partial charge in [0.1, 0.15) is 0 Å². The fourth-order valence-corrected chi connectivity index (χ4v) is 3.67. The van der Waals surface area contributed by atoms with Crippen molar-refractivity contribution in [1.82, 2.24) is 4.90 Å². The zero-order valence-corrected chi connectivity index (χ0v) is 10.4. The monoisotopic (exact) mass is 235 g/mol. The van der Waals surface area contributed by atoms with Crippen LogP contribution in [-0.2, 0) is 4.79 Å². The Morgan fingerprint density at radius 1 is 1.29 bits per heavy atom. The van der Waals surface area contributed by atoms with E-state index in [1.165, 1.54) is 6.42 Å². The number of hydrogen-bond acceptors (Lipinski definition) is 2. The Morgan fingerprint density at radius 2 is 2.06 bits per heavy atom. The molecule has 2 bridgehead atoms. The number of nitrogens with zero attached hydrogens (tertiary/aromatic N) is 1. The van der Waals surface area contributed by atoms with Crippen LogP contribution in [-0.4, -0.2) is 35.6 Å². The number of aliphatic hydroxyl groups excluding tert-OH is 1. The molecule has 94 valence electrons. The number of fused-ring (bicyclic) bond motifs is 2. The van der Waals surface area contributed by atoms with Gasteiger partial charge in [-0.1, -0.05) is 12.2 Å². The van der Waals surface area contributed by atoms with E-state index in [0.717, 1.165) is 25.8 Å². The van der Waals surface area contributed by atoms with Gasteiger partial charge >= 0.3 is 0 Å². The van der Waals surface area contributed by atoms with Gasteiger partial charge in [0.05, 0.1) is 6.10 Å². The third kappa shape index (κ3) is 2.01.